The highest BCUT2D eigenvalue weighted by molar-refractivity contribution is 8.01. The summed E-state index contributed by atoms with van der Waals surface area (Å²) >= 11 is 0. The molecule has 0 radical (unpaired) electrons. The molecule has 0 aromatic carbocycles. The van der Waals surface area contributed by atoms with Gasteiger partial charge in [0.15, 0.2) is 0 Å². The van der Waals surface area contributed by atoms with E-state index in [1.165, 1.54) is 0 Å². The normalized spacial score (nSPS) is 10.8. The summed E-state index contributed by atoms with van der Waals surface area (Å²) < 4.78 is 33.6. The van der Waals surface area contributed by atoms with E-state index in [-0.39, 0.29) is 0 Å². The van der Waals surface area contributed by atoms with Crippen LogP contribution in [0.3, 0.4) is 0 Å². The third kappa shape index (κ3) is 1.87. The van der Waals surface area contributed by atoms with Gasteiger partial charge in [-0.25, -0.2) is 4.79 Å². The zero-order valence-electron chi connectivity index (χ0n) is 3.92. The average molecular weight is 142 g/mol. The summed E-state index contributed by atoms with van der Waals surface area (Å²) in [6.45, 7) is 0. The Hall–Kier alpha value is -0.650. The molecule has 0 aromatic heterocycles. The van der Waals surface area contributed by atoms with Gasteiger partial charge < -0.3 is 4.74 Å². The molecular formula is C2H3FO4S. The van der Waals surface area contributed by atoms with Crippen molar-refractivity contribution in [2.75, 3.05) is 7.11 Å². The molecule has 0 atom stereocenters. The fourth-order valence-corrected chi connectivity index (χ4v) is 0.299. The SMILES string of the molecule is COC(=O)S(=O)(=O)F. The molecule has 0 aromatic rings. The Labute approximate surface area is 45.5 Å². The van der Waals surface area contributed by atoms with Crippen LogP contribution in [0.1, 0.15) is 0 Å². The van der Waals surface area contributed by atoms with Gasteiger partial charge in [-0.2, -0.15) is 8.42 Å². The summed E-state index contributed by atoms with van der Waals surface area (Å²) in [5.74, 6) is 0. The summed E-state index contributed by atoms with van der Waals surface area (Å²) in [4.78, 5) is 9.65. The van der Waals surface area contributed by atoms with E-state index >= 15 is 0 Å². The van der Waals surface area contributed by atoms with Gasteiger partial charge in [0.2, 0.25) is 0 Å². The maximum atomic E-state index is 11.3. The highest BCUT2D eigenvalue weighted by Gasteiger charge is 2.20. The molecule has 0 aliphatic heterocycles. The van der Waals surface area contributed by atoms with Crippen LogP contribution in [-0.4, -0.2) is 20.8 Å². The Morgan fingerprint density at radius 2 is 2.00 bits per heavy atom. The smallest absolute Gasteiger partial charge is 0.456 e. The van der Waals surface area contributed by atoms with Crippen LogP contribution in [0, 0.1) is 0 Å². The topological polar surface area (TPSA) is 60.4 Å². The minimum Gasteiger partial charge on any atom is -0.456 e. The van der Waals surface area contributed by atoms with Crippen LogP contribution in [0.25, 0.3) is 0 Å². The van der Waals surface area contributed by atoms with E-state index in [2.05, 4.69) is 4.74 Å². The zero-order chi connectivity index (χ0) is 6.78. The first-order valence-electron chi connectivity index (χ1n) is 1.51. The van der Waals surface area contributed by atoms with Crippen molar-refractivity contribution in [3.63, 3.8) is 0 Å². The van der Waals surface area contributed by atoms with E-state index in [0.717, 1.165) is 7.11 Å². The van der Waals surface area contributed by atoms with Gasteiger partial charge in [0, 0.05) is 0 Å². The lowest BCUT2D eigenvalue weighted by atomic mass is 11.5. The van der Waals surface area contributed by atoms with Crippen molar-refractivity contribution in [2.24, 2.45) is 0 Å². The van der Waals surface area contributed by atoms with Crippen molar-refractivity contribution in [3.8, 4) is 0 Å². The van der Waals surface area contributed by atoms with Gasteiger partial charge in [0.05, 0.1) is 7.11 Å². The molecule has 0 spiro atoms. The van der Waals surface area contributed by atoms with E-state index in [1.54, 1.807) is 0 Å². The molecule has 0 bridgehead atoms. The highest BCUT2D eigenvalue weighted by Crippen LogP contribution is 1.93. The Bertz CT molecular complexity index is 180. The van der Waals surface area contributed by atoms with Crippen LogP contribution in [0.2, 0.25) is 0 Å². The molecule has 0 amide bonds. The molecule has 0 aliphatic rings. The number of halogens is 1. The molecule has 0 N–H and O–H groups in total. The van der Waals surface area contributed by atoms with Crippen LogP contribution >= 0.6 is 0 Å². The van der Waals surface area contributed by atoms with Crippen LogP contribution in [0.5, 0.6) is 0 Å². The van der Waals surface area contributed by atoms with Crippen molar-refractivity contribution in [1.82, 2.24) is 0 Å². The van der Waals surface area contributed by atoms with Gasteiger partial charge in [0.1, 0.15) is 0 Å². The maximum Gasteiger partial charge on any atom is 0.456 e. The first kappa shape index (κ1) is 7.35. The molecule has 48 valence electrons. The summed E-state index contributed by atoms with van der Waals surface area (Å²) in [6, 6.07) is 0. The maximum absolute atomic E-state index is 11.3. The lowest BCUT2D eigenvalue weighted by Gasteiger charge is -1.86. The lowest BCUT2D eigenvalue weighted by Crippen LogP contribution is -2.07. The van der Waals surface area contributed by atoms with Crippen molar-refractivity contribution < 1.29 is 21.8 Å². The fourth-order valence-electron chi connectivity index (χ4n) is 0.0995. The van der Waals surface area contributed by atoms with E-state index in [9.17, 15) is 17.1 Å². The first-order valence-corrected chi connectivity index (χ1v) is 2.89. The monoisotopic (exact) mass is 142 g/mol. The second-order valence-electron chi connectivity index (χ2n) is 0.892. The standard InChI is InChI=1S/C2H3FO4S/c1-7-2(4)8(3,5)6/h1H3. The van der Waals surface area contributed by atoms with E-state index < -0.39 is 15.5 Å². The summed E-state index contributed by atoms with van der Waals surface area (Å²) in [6.07, 6.45) is 0. The number of carbonyl (C=O) groups is 1. The van der Waals surface area contributed by atoms with Crippen molar-refractivity contribution in [3.05, 3.63) is 0 Å². The minimum atomic E-state index is -5.11. The first-order chi connectivity index (χ1) is 3.48. The van der Waals surface area contributed by atoms with E-state index in [4.69, 9.17) is 0 Å². The minimum absolute atomic E-state index is 0.777. The van der Waals surface area contributed by atoms with Crippen molar-refractivity contribution >= 4 is 15.5 Å². The van der Waals surface area contributed by atoms with Gasteiger partial charge in [-0.1, -0.05) is 3.89 Å². The highest BCUT2D eigenvalue weighted by atomic mass is 32.3. The van der Waals surface area contributed by atoms with Gasteiger partial charge >= 0.3 is 15.5 Å². The number of rotatable bonds is 0. The molecule has 4 nitrogen and oxygen atoms in total. The van der Waals surface area contributed by atoms with Crippen LogP contribution < -0.4 is 0 Å². The average Bonchev–Trinajstić information content (AvgIpc) is 1.62. The van der Waals surface area contributed by atoms with Crippen molar-refractivity contribution in [2.45, 2.75) is 0 Å². The Morgan fingerprint density at radius 1 is 1.62 bits per heavy atom. The zero-order valence-corrected chi connectivity index (χ0v) is 4.74. The Balaban J connectivity index is 4.29. The second kappa shape index (κ2) is 2.08. The second-order valence-corrected chi connectivity index (χ2v) is 2.10. The summed E-state index contributed by atoms with van der Waals surface area (Å²) in [7, 11) is -4.34. The summed E-state index contributed by atoms with van der Waals surface area (Å²) in [5, 5.41) is -1.86. The molecule has 0 heterocycles. The molecule has 0 fully saturated rings. The Kier molecular flexibility index (Phi) is 1.91. The third-order valence-corrected chi connectivity index (χ3v) is 0.931. The van der Waals surface area contributed by atoms with Crippen LogP contribution in [-0.2, 0) is 15.0 Å². The van der Waals surface area contributed by atoms with Gasteiger partial charge in [-0.15, -0.1) is 0 Å². The predicted molar refractivity (Wildman–Crippen MR) is 22.4 cm³/mol. The van der Waals surface area contributed by atoms with E-state index in [1.807, 2.05) is 0 Å². The molecule has 0 aliphatic carbocycles. The number of ether oxygens (including phenoxy) is 1. The predicted octanol–water partition coefficient (Wildman–Crippen LogP) is 0.0521. The third-order valence-electron chi connectivity index (χ3n) is 0.366. The molecule has 8 heavy (non-hydrogen) atoms. The molecular weight excluding hydrogens is 139 g/mol. The van der Waals surface area contributed by atoms with Crippen LogP contribution in [0.4, 0.5) is 8.68 Å². The number of carbonyl (C=O) groups excluding carboxylic acids is 1. The summed E-state index contributed by atoms with van der Waals surface area (Å²) in [5.41, 5.74) is 0. The Morgan fingerprint density at radius 3 is 2.00 bits per heavy atom. The van der Waals surface area contributed by atoms with E-state index in [0.29, 0.717) is 0 Å². The van der Waals surface area contributed by atoms with Gasteiger partial charge in [-0.3, -0.25) is 0 Å². The number of hydrogen-bond donors (Lipinski definition) is 0. The van der Waals surface area contributed by atoms with Crippen molar-refractivity contribution in [1.29, 1.82) is 0 Å². The largest absolute Gasteiger partial charge is 0.456 e. The quantitative estimate of drug-likeness (QED) is 0.354. The number of methoxy groups -OCH3 is 1. The van der Waals surface area contributed by atoms with Gasteiger partial charge in [-0.05, 0) is 0 Å². The lowest BCUT2D eigenvalue weighted by molar-refractivity contribution is 0.195. The molecule has 0 saturated heterocycles. The van der Waals surface area contributed by atoms with Crippen LogP contribution in [0.15, 0.2) is 0 Å². The molecule has 0 saturated carbocycles. The number of hydrogen-bond acceptors (Lipinski definition) is 4. The van der Waals surface area contributed by atoms with Gasteiger partial charge in [0.25, 0.3) is 0 Å². The molecule has 0 unspecified atom stereocenters. The molecule has 6 heteroatoms. The fraction of sp³-hybridized carbons (Fsp3) is 0.500. The molecule has 0 rings (SSSR count).